The number of methoxy groups -OCH3 is 1. The number of benzene rings is 3. The van der Waals surface area contributed by atoms with Crippen LogP contribution < -0.4 is 14.8 Å². The number of amidine groups is 1. The molecule has 1 saturated heterocycles. The number of nitrogens with one attached hydrogen (secondary N) is 1. The van der Waals surface area contributed by atoms with Crippen molar-refractivity contribution in [2.45, 2.75) is 6.61 Å². The van der Waals surface area contributed by atoms with Crippen LogP contribution in [0, 0.1) is 3.57 Å². The maximum absolute atomic E-state index is 12.4. The molecule has 0 atom stereocenters. The van der Waals surface area contributed by atoms with Gasteiger partial charge >= 0.3 is 0 Å². The third-order valence-electron chi connectivity index (χ3n) is 4.41. The Hall–Kier alpha value is -2.78. The summed E-state index contributed by atoms with van der Waals surface area (Å²) in [5.41, 5.74) is 2.73. The number of hydrogen-bond acceptors (Lipinski definition) is 5. The van der Waals surface area contributed by atoms with Gasteiger partial charge in [-0.3, -0.25) is 4.79 Å². The second-order valence-electron chi connectivity index (χ2n) is 6.63. The standard InChI is InChI=1S/C24H19IN2O3S/c1-29-20-13-17(12-19(25)22(20)30-15-16-8-4-2-5-9-16)14-21-23(28)27-24(31-21)26-18-10-6-3-7-11-18/h2-14H,15H2,1H3,(H,26,27,28)/b21-14-. The molecule has 0 saturated carbocycles. The summed E-state index contributed by atoms with van der Waals surface area (Å²) in [5, 5.41) is 3.38. The second-order valence-corrected chi connectivity index (χ2v) is 8.82. The molecule has 0 aromatic heterocycles. The van der Waals surface area contributed by atoms with E-state index in [0.717, 1.165) is 20.4 Å². The molecule has 1 heterocycles. The van der Waals surface area contributed by atoms with Crippen molar-refractivity contribution < 1.29 is 14.3 Å². The van der Waals surface area contributed by atoms with Gasteiger partial charge in [-0.25, -0.2) is 4.99 Å². The quantitative estimate of drug-likeness (QED) is 0.318. The molecule has 1 fully saturated rings. The minimum Gasteiger partial charge on any atom is -0.493 e. The van der Waals surface area contributed by atoms with Crippen molar-refractivity contribution >= 4 is 57.2 Å². The fraction of sp³-hybridized carbons (Fsp3) is 0.0833. The molecular weight excluding hydrogens is 523 g/mol. The molecule has 156 valence electrons. The number of ether oxygens (including phenoxy) is 2. The van der Waals surface area contributed by atoms with Gasteiger partial charge in [0.1, 0.15) is 6.61 Å². The van der Waals surface area contributed by atoms with Crippen molar-refractivity contribution in [3.05, 3.63) is 92.4 Å². The molecule has 3 aromatic rings. The van der Waals surface area contributed by atoms with Gasteiger partial charge < -0.3 is 14.8 Å². The number of carbonyl (C=O) groups excluding carboxylic acids is 1. The number of hydrogen-bond donors (Lipinski definition) is 1. The highest BCUT2D eigenvalue weighted by molar-refractivity contribution is 14.1. The van der Waals surface area contributed by atoms with Crippen molar-refractivity contribution in [3.63, 3.8) is 0 Å². The second kappa shape index (κ2) is 10.0. The van der Waals surface area contributed by atoms with Gasteiger partial charge in [-0.05, 0) is 75.8 Å². The lowest BCUT2D eigenvalue weighted by Gasteiger charge is -2.14. The van der Waals surface area contributed by atoms with E-state index in [-0.39, 0.29) is 5.91 Å². The van der Waals surface area contributed by atoms with Crippen LogP contribution in [0.3, 0.4) is 0 Å². The van der Waals surface area contributed by atoms with E-state index in [1.165, 1.54) is 11.8 Å². The summed E-state index contributed by atoms with van der Waals surface area (Å²) >= 11 is 3.54. The van der Waals surface area contributed by atoms with Crippen LogP contribution in [0.15, 0.2) is 82.7 Å². The molecule has 0 radical (unpaired) electrons. The van der Waals surface area contributed by atoms with Crippen molar-refractivity contribution in [1.82, 2.24) is 5.32 Å². The minimum absolute atomic E-state index is 0.168. The highest BCUT2D eigenvalue weighted by atomic mass is 127. The molecule has 7 heteroatoms. The third kappa shape index (κ3) is 5.48. The summed E-state index contributed by atoms with van der Waals surface area (Å²) in [7, 11) is 1.61. The van der Waals surface area contributed by atoms with E-state index in [1.807, 2.05) is 78.9 Å². The van der Waals surface area contributed by atoms with E-state index in [9.17, 15) is 4.79 Å². The van der Waals surface area contributed by atoms with Crippen LogP contribution in [0.4, 0.5) is 5.69 Å². The number of aliphatic imine (C=N–C) groups is 1. The molecule has 4 rings (SSSR count). The fourth-order valence-electron chi connectivity index (χ4n) is 2.94. The van der Waals surface area contributed by atoms with Crippen molar-refractivity contribution in [3.8, 4) is 11.5 Å². The Morgan fingerprint density at radius 2 is 1.77 bits per heavy atom. The van der Waals surface area contributed by atoms with Crippen LogP contribution in [-0.2, 0) is 11.4 Å². The smallest absolute Gasteiger partial charge is 0.264 e. The fourth-order valence-corrected chi connectivity index (χ4v) is 4.57. The zero-order valence-electron chi connectivity index (χ0n) is 16.7. The molecule has 3 aromatic carbocycles. The Kier molecular flexibility index (Phi) is 6.93. The SMILES string of the molecule is COc1cc(/C=C2\SC(=Nc3ccccc3)NC2=O)cc(I)c1OCc1ccccc1. The maximum Gasteiger partial charge on any atom is 0.264 e. The Labute approximate surface area is 198 Å². The average Bonchev–Trinajstić information content (AvgIpc) is 3.12. The van der Waals surface area contributed by atoms with Crippen LogP contribution in [0.5, 0.6) is 11.5 Å². The van der Waals surface area contributed by atoms with E-state index >= 15 is 0 Å². The maximum atomic E-state index is 12.4. The first-order valence-corrected chi connectivity index (χ1v) is 11.4. The Morgan fingerprint density at radius 1 is 1.06 bits per heavy atom. The minimum atomic E-state index is -0.168. The summed E-state index contributed by atoms with van der Waals surface area (Å²) in [6.45, 7) is 0.450. The normalized spacial score (nSPS) is 15.9. The predicted molar refractivity (Wildman–Crippen MR) is 134 cm³/mol. The average molecular weight is 542 g/mol. The van der Waals surface area contributed by atoms with Gasteiger partial charge in [0, 0.05) is 0 Å². The molecule has 1 amide bonds. The lowest BCUT2D eigenvalue weighted by atomic mass is 10.2. The first-order chi connectivity index (χ1) is 15.1. The van der Waals surface area contributed by atoms with Crippen LogP contribution in [0.2, 0.25) is 0 Å². The molecule has 5 nitrogen and oxygen atoms in total. The first-order valence-electron chi connectivity index (χ1n) is 9.51. The van der Waals surface area contributed by atoms with Gasteiger partial charge in [0.05, 0.1) is 21.3 Å². The highest BCUT2D eigenvalue weighted by Crippen LogP contribution is 2.36. The van der Waals surface area contributed by atoms with Crippen LogP contribution >= 0.6 is 34.4 Å². The molecule has 0 spiro atoms. The topological polar surface area (TPSA) is 59.9 Å². The van der Waals surface area contributed by atoms with Crippen LogP contribution in [-0.4, -0.2) is 18.2 Å². The van der Waals surface area contributed by atoms with Gasteiger partial charge in [0.15, 0.2) is 16.7 Å². The Balaban J connectivity index is 1.54. The van der Waals surface area contributed by atoms with E-state index in [0.29, 0.717) is 28.2 Å². The zero-order chi connectivity index (χ0) is 21.6. The summed E-state index contributed by atoms with van der Waals surface area (Å²) in [4.78, 5) is 17.5. The summed E-state index contributed by atoms with van der Waals surface area (Å²) in [5.74, 6) is 1.14. The Morgan fingerprint density at radius 3 is 2.48 bits per heavy atom. The molecule has 0 unspecified atom stereocenters. The van der Waals surface area contributed by atoms with Crippen molar-refractivity contribution in [1.29, 1.82) is 0 Å². The van der Waals surface area contributed by atoms with Gasteiger partial charge in [0.25, 0.3) is 5.91 Å². The van der Waals surface area contributed by atoms with Gasteiger partial charge in [-0.15, -0.1) is 0 Å². The molecule has 1 aliphatic rings. The van der Waals surface area contributed by atoms with E-state index in [4.69, 9.17) is 9.47 Å². The Bertz CT molecular complexity index is 1150. The summed E-state index contributed by atoms with van der Waals surface area (Å²) < 4.78 is 12.5. The predicted octanol–water partition coefficient (Wildman–Crippen LogP) is 5.77. The monoisotopic (exact) mass is 542 g/mol. The van der Waals surface area contributed by atoms with E-state index < -0.39 is 0 Å². The zero-order valence-corrected chi connectivity index (χ0v) is 19.6. The number of halogens is 1. The van der Waals surface area contributed by atoms with E-state index in [2.05, 4.69) is 32.9 Å². The van der Waals surface area contributed by atoms with Crippen LogP contribution in [0.1, 0.15) is 11.1 Å². The summed E-state index contributed by atoms with van der Waals surface area (Å²) in [6, 6.07) is 23.3. The van der Waals surface area contributed by atoms with Crippen molar-refractivity contribution in [2.24, 2.45) is 4.99 Å². The number of thioether (sulfide) groups is 1. The molecular formula is C24H19IN2O3S. The van der Waals surface area contributed by atoms with Crippen molar-refractivity contribution in [2.75, 3.05) is 7.11 Å². The number of nitrogens with zero attached hydrogens (tertiary/aromatic N) is 1. The molecule has 1 aliphatic heterocycles. The van der Waals surface area contributed by atoms with Crippen LogP contribution in [0.25, 0.3) is 6.08 Å². The molecule has 1 N–H and O–H groups in total. The van der Waals surface area contributed by atoms with Gasteiger partial charge in [0.2, 0.25) is 0 Å². The van der Waals surface area contributed by atoms with Gasteiger partial charge in [-0.2, -0.15) is 0 Å². The van der Waals surface area contributed by atoms with E-state index in [1.54, 1.807) is 7.11 Å². The molecule has 31 heavy (non-hydrogen) atoms. The third-order valence-corrected chi connectivity index (χ3v) is 6.12. The number of rotatable bonds is 6. The lowest BCUT2D eigenvalue weighted by Crippen LogP contribution is -2.19. The number of para-hydroxylation sites is 1. The number of amides is 1. The lowest BCUT2D eigenvalue weighted by molar-refractivity contribution is -0.115. The van der Waals surface area contributed by atoms with Gasteiger partial charge in [-0.1, -0.05) is 48.5 Å². The molecule has 0 aliphatic carbocycles. The largest absolute Gasteiger partial charge is 0.493 e. The highest BCUT2D eigenvalue weighted by Gasteiger charge is 2.24. The molecule has 0 bridgehead atoms. The first kappa shape index (κ1) is 21.5. The number of carbonyl (C=O) groups is 1. The summed E-state index contributed by atoms with van der Waals surface area (Å²) in [6.07, 6.45) is 1.83.